The molecule has 0 amide bonds. The number of benzene rings is 1. The maximum Gasteiger partial charge on any atom is 0.123 e. The molecule has 0 spiro atoms. The quantitative estimate of drug-likeness (QED) is 0.895. The number of aliphatic hydroxyl groups is 1. The Labute approximate surface area is 126 Å². The molecule has 2 N–H and O–H groups in total. The average Bonchev–Trinajstić information content (AvgIpc) is 2.99. The minimum atomic E-state index is -0.182. The maximum absolute atomic E-state index is 13.6. The van der Waals surface area contributed by atoms with E-state index < -0.39 is 0 Å². The van der Waals surface area contributed by atoms with E-state index in [1.54, 1.807) is 12.1 Å². The van der Waals surface area contributed by atoms with Gasteiger partial charge in [-0.15, -0.1) is 0 Å². The lowest BCUT2D eigenvalue weighted by molar-refractivity contribution is 0.133. The highest BCUT2D eigenvalue weighted by molar-refractivity contribution is 5.55. The summed E-state index contributed by atoms with van der Waals surface area (Å²) in [5, 5.41) is 13.4. The molecule has 3 rings (SSSR count). The van der Waals surface area contributed by atoms with Crippen LogP contribution in [-0.2, 0) is 6.54 Å². The van der Waals surface area contributed by atoms with Crippen LogP contribution < -0.4 is 10.2 Å². The van der Waals surface area contributed by atoms with Crippen LogP contribution in [0.5, 0.6) is 0 Å². The summed E-state index contributed by atoms with van der Waals surface area (Å²) in [6.07, 6.45) is 1.90. The molecule has 1 aromatic carbocycles. The van der Waals surface area contributed by atoms with Gasteiger partial charge in [0.25, 0.3) is 0 Å². The van der Waals surface area contributed by atoms with E-state index in [9.17, 15) is 9.50 Å². The second kappa shape index (κ2) is 5.93. The summed E-state index contributed by atoms with van der Waals surface area (Å²) in [5.41, 5.74) is 2.13. The van der Waals surface area contributed by atoms with Crippen molar-refractivity contribution in [3.8, 4) is 0 Å². The second-order valence-electron chi connectivity index (χ2n) is 6.78. The number of nitrogens with zero attached hydrogens (tertiary/aromatic N) is 1. The molecule has 1 saturated carbocycles. The number of halogens is 1. The molecule has 1 heterocycles. The molecule has 3 unspecified atom stereocenters. The second-order valence-corrected chi connectivity index (χ2v) is 6.78. The van der Waals surface area contributed by atoms with Gasteiger partial charge in [-0.1, -0.05) is 13.8 Å². The molecule has 116 valence electrons. The first-order chi connectivity index (χ1) is 10.0. The molecule has 0 bridgehead atoms. The number of nitrogens with one attached hydrogen (secondary N) is 1. The predicted molar refractivity (Wildman–Crippen MR) is 82.8 cm³/mol. The zero-order chi connectivity index (χ0) is 15.0. The molecular formula is C17H25FN2O. The van der Waals surface area contributed by atoms with Crippen LogP contribution >= 0.6 is 0 Å². The highest BCUT2D eigenvalue weighted by atomic mass is 19.1. The number of rotatable bonds is 4. The zero-order valence-electron chi connectivity index (χ0n) is 12.8. The normalized spacial score (nSPS) is 28.4. The van der Waals surface area contributed by atoms with Crippen molar-refractivity contribution in [3.05, 3.63) is 29.6 Å². The number of hydrogen-bond acceptors (Lipinski definition) is 3. The number of hydrogen-bond donors (Lipinski definition) is 2. The van der Waals surface area contributed by atoms with Gasteiger partial charge >= 0.3 is 0 Å². The van der Waals surface area contributed by atoms with Gasteiger partial charge in [0.1, 0.15) is 5.82 Å². The van der Waals surface area contributed by atoms with Crippen LogP contribution in [0.4, 0.5) is 10.1 Å². The van der Waals surface area contributed by atoms with Gasteiger partial charge in [-0.2, -0.15) is 0 Å². The predicted octanol–water partition coefficient (Wildman–Crippen LogP) is 2.53. The van der Waals surface area contributed by atoms with Crippen molar-refractivity contribution in [2.24, 2.45) is 11.8 Å². The Bertz CT molecular complexity index is 506. The molecule has 1 saturated heterocycles. The van der Waals surface area contributed by atoms with Crippen LogP contribution in [0.2, 0.25) is 0 Å². The van der Waals surface area contributed by atoms with Crippen molar-refractivity contribution in [1.82, 2.24) is 5.32 Å². The van der Waals surface area contributed by atoms with Gasteiger partial charge < -0.3 is 15.3 Å². The zero-order valence-corrected chi connectivity index (χ0v) is 12.8. The fourth-order valence-electron chi connectivity index (χ4n) is 3.75. The van der Waals surface area contributed by atoms with Gasteiger partial charge in [-0.05, 0) is 42.5 Å². The molecule has 3 atom stereocenters. The van der Waals surface area contributed by atoms with Crippen LogP contribution in [-0.4, -0.2) is 30.3 Å². The molecule has 0 radical (unpaired) electrons. The van der Waals surface area contributed by atoms with Crippen molar-refractivity contribution >= 4 is 5.69 Å². The van der Waals surface area contributed by atoms with Gasteiger partial charge in [0.2, 0.25) is 0 Å². The molecule has 1 aromatic rings. The summed E-state index contributed by atoms with van der Waals surface area (Å²) >= 11 is 0. The standard InChI is InChI=1S/C17H25FN2O/c1-11(2)19-8-13-7-14(18)4-5-16(13)20-9-12-3-6-17(21)15(12)10-20/h4-5,7,11-12,15,17,19,21H,3,6,8-10H2,1-2H3. The summed E-state index contributed by atoms with van der Waals surface area (Å²) in [7, 11) is 0. The van der Waals surface area contributed by atoms with Crippen LogP contribution in [0.25, 0.3) is 0 Å². The molecule has 21 heavy (non-hydrogen) atoms. The largest absolute Gasteiger partial charge is 0.393 e. The van der Waals surface area contributed by atoms with Crippen molar-refractivity contribution in [2.45, 2.75) is 45.4 Å². The fraction of sp³-hybridized carbons (Fsp3) is 0.647. The van der Waals surface area contributed by atoms with Crippen LogP contribution in [0.15, 0.2) is 18.2 Å². The van der Waals surface area contributed by atoms with Gasteiger partial charge in [-0.25, -0.2) is 4.39 Å². The van der Waals surface area contributed by atoms with Gasteiger partial charge in [0.15, 0.2) is 0 Å². The van der Waals surface area contributed by atoms with E-state index in [-0.39, 0.29) is 11.9 Å². The average molecular weight is 292 g/mol. The lowest BCUT2D eigenvalue weighted by Crippen LogP contribution is -2.27. The summed E-state index contributed by atoms with van der Waals surface area (Å²) in [5.74, 6) is 0.802. The number of aliphatic hydroxyl groups excluding tert-OH is 1. The Balaban J connectivity index is 1.78. The van der Waals surface area contributed by atoms with Crippen LogP contribution in [0, 0.1) is 17.7 Å². The number of fused-ring (bicyclic) bond motifs is 1. The van der Waals surface area contributed by atoms with E-state index in [2.05, 4.69) is 24.1 Å². The van der Waals surface area contributed by atoms with E-state index in [1.807, 2.05) is 6.07 Å². The van der Waals surface area contributed by atoms with Gasteiger partial charge in [-0.3, -0.25) is 0 Å². The highest BCUT2D eigenvalue weighted by Crippen LogP contribution is 2.40. The SMILES string of the molecule is CC(C)NCc1cc(F)ccc1N1CC2CCC(O)C2C1. The molecule has 1 aliphatic carbocycles. The lowest BCUT2D eigenvalue weighted by atomic mass is 10.00. The minimum absolute atomic E-state index is 0.155. The van der Waals surface area contributed by atoms with Crippen molar-refractivity contribution in [3.63, 3.8) is 0 Å². The Morgan fingerprint density at radius 2 is 2.14 bits per heavy atom. The van der Waals surface area contributed by atoms with E-state index in [0.29, 0.717) is 24.4 Å². The van der Waals surface area contributed by atoms with Crippen LogP contribution in [0.1, 0.15) is 32.3 Å². The van der Waals surface area contributed by atoms with E-state index >= 15 is 0 Å². The maximum atomic E-state index is 13.6. The van der Waals surface area contributed by atoms with Gasteiger partial charge in [0.05, 0.1) is 6.10 Å². The molecule has 2 aliphatic rings. The Hall–Kier alpha value is -1.13. The molecule has 2 fully saturated rings. The van der Waals surface area contributed by atoms with Crippen molar-refractivity contribution < 1.29 is 9.50 Å². The first-order valence-electron chi connectivity index (χ1n) is 7.99. The summed E-state index contributed by atoms with van der Waals surface area (Å²) in [4.78, 5) is 2.33. The molecule has 4 heteroatoms. The monoisotopic (exact) mass is 292 g/mol. The first-order valence-corrected chi connectivity index (χ1v) is 7.99. The van der Waals surface area contributed by atoms with Crippen molar-refractivity contribution in [1.29, 1.82) is 0 Å². The fourth-order valence-corrected chi connectivity index (χ4v) is 3.75. The van der Waals surface area contributed by atoms with E-state index in [0.717, 1.165) is 37.2 Å². The molecular weight excluding hydrogens is 267 g/mol. The topological polar surface area (TPSA) is 35.5 Å². The summed E-state index contributed by atoms with van der Waals surface area (Å²) in [6.45, 7) is 6.75. The Kier molecular flexibility index (Phi) is 4.18. The van der Waals surface area contributed by atoms with Crippen LogP contribution in [0.3, 0.4) is 0 Å². The third-order valence-electron chi connectivity index (χ3n) is 4.90. The van der Waals surface area contributed by atoms with Gasteiger partial charge in [0, 0.05) is 37.3 Å². The summed E-state index contributed by atoms with van der Waals surface area (Å²) < 4.78 is 13.6. The minimum Gasteiger partial charge on any atom is -0.393 e. The lowest BCUT2D eigenvalue weighted by Gasteiger charge is -2.24. The molecule has 1 aliphatic heterocycles. The highest BCUT2D eigenvalue weighted by Gasteiger charge is 2.42. The third-order valence-corrected chi connectivity index (χ3v) is 4.90. The van der Waals surface area contributed by atoms with Crippen molar-refractivity contribution in [2.75, 3.05) is 18.0 Å². The molecule has 3 nitrogen and oxygen atoms in total. The van der Waals surface area contributed by atoms with E-state index in [1.165, 1.54) is 0 Å². The Morgan fingerprint density at radius 1 is 1.33 bits per heavy atom. The third kappa shape index (κ3) is 3.06. The first kappa shape index (κ1) is 14.8. The van der Waals surface area contributed by atoms with E-state index in [4.69, 9.17) is 0 Å². The Morgan fingerprint density at radius 3 is 2.86 bits per heavy atom. The number of anilines is 1. The smallest absolute Gasteiger partial charge is 0.123 e. The summed E-state index contributed by atoms with van der Waals surface area (Å²) in [6, 6.07) is 5.44. The molecule has 0 aromatic heterocycles.